The number of benzene rings is 1. The molecule has 0 heterocycles. The first-order chi connectivity index (χ1) is 9.43. The minimum Gasteiger partial charge on any atom is -0.496 e. The number of ether oxygens (including phenoxy) is 1. The van der Waals surface area contributed by atoms with Crippen molar-refractivity contribution >= 4 is 12.0 Å². The second kappa shape index (κ2) is 7.70. The number of carbonyl (C=O) groups excluding carboxylic acids is 1. The van der Waals surface area contributed by atoms with Crippen molar-refractivity contribution in [2.75, 3.05) is 13.7 Å². The highest BCUT2D eigenvalue weighted by Crippen LogP contribution is 2.20. The van der Waals surface area contributed by atoms with Crippen LogP contribution in [0.25, 0.3) is 6.08 Å². The Labute approximate surface area is 120 Å². The predicted molar refractivity (Wildman–Crippen MR) is 80.6 cm³/mol. The highest BCUT2D eigenvalue weighted by molar-refractivity contribution is 5.92. The number of aryl methyl sites for hydroxylation is 1. The second-order valence-corrected chi connectivity index (χ2v) is 5.14. The molecular weight excluding hydrogens is 254 g/mol. The lowest BCUT2D eigenvalue weighted by Gasteiger charge is -2.14. The predicted octanol–water partition coefficient (Wildman–Crippen LogP) is 2.15. The van der Waals surface area contributed by atoms with E-state index < -0.39 is 6.10 Å². The van der Waals surface area contributed by atoms with E-state index in [1.807, 2.05) is 39.0 Å². The number of hydrogen-bond donors (Lipinski definition) is 2. The average molecular weight is 277 g/mol. The lowest BCUT2D eigenvalue weighted by molar-refractivity contribution is -0.117. The van der Waals surface area contributed by atoms with E-state index >= 15 is 0 Å². The van der Waals surface area contributed by atoms with Gasteiger partial charge in [-0.05, 0) is 31.1 Å². The smallest absolute Gasteiger partial charge is 0.244 e. The van der Waals surface area contributed by atoms with Gasteiger partial charge in [-0.3, -0.25) is 4.79 Å². The normalized spacial score (nSPS) is 12.7. The Bertz CT molecular complexity index is 481. The molecule has 1 amide bonds. The van der Waals surface area contributed by atoms with Crippen molar-refractivity contribution in [3.63, 3.8) is 0 Å². The molecule has 4 heteroatoms. The zero-order chi connectivity index (χ0) is 15.1. The molecule has 1 unspecified atom stereocenters. The van der Waals surface area contributed by atoms with Gasteiger partial charge in [0.15, 0.2) is 0 Å². The number of carbonyl (C=O) groups is 1. The summed E-state index contributed by atoms with van der Waals surface area (Å²) in [6, 6.07) is 5.77. The van der Waals surface area contributed by atoms with Crippen molar-refractivity contribution in [2.24, 2.45) is 5.92 Å². The standard InChI is InChI=1S/C16H23NO3/c1-11(2)14(18)10-17-16(19)8-6-13-9-12(3)5-7-15(13)20-4/h5-9,11,14,18H,10H2,1-4H3,(H,17,19)/b8-6+. The van der Waals surface area contributed by atoms with E-state index in [9.17, 15) is 9.90 Å². The Hall–Kier alpha value is -1.81. The Kier molecular flexibility index (Phi) is 6.25. The largest absolute Gasteiger partial charge is 0.496 e. The fraction of sp³-hybridized carbons (Fsp3) is 0.438. The molecule has 1 rings (SSSR count). The van der Waals surface area contributed by atoms with Crippen molar-refractivity contribution < 1.29 is 14.6 Å². The quantitative estimate of drug-likeness (QED) is 0.783. The molecule has 20 heavy (non-hydrogen) atoms. The van der Waals surface area contributed by atoms with Crippen LogP contribution in [0.5, 0.6) is 5.75 Å². The summed E-state index contributed by atoms with van der Waals surface area (Å²) in [5, 5.41) is 12.3. The number of hydrogen-bond acceptors (Lipinski definition) is 3. The number of aliphatic hydroxyl groups excluding tert-OH is 1. The van der Waals surface area contributed by atoms with Gasteiger partial charge in [-0.1, -0.05) is 25.5 Å². The molecule has 0 saturated carbocycles. The van der Waals surface area contributed by atoms with Crippen LogP contribution in [0.2, 0.25) is 0 Å². The second-order valence-electron chi connectivity index (χ2n) is 5.14. The van der Waals surface area contributed by atoms with Crippen LogP contribution in [0.1, 0.15) is 25.0 Å². The van der Waals surface area contributed by atoms with Crippen LogP contribution in [-0.2, 0) is 4.79 Å². The third-order valence-electron chi connectivity index (χ3n) is 3.05. The highest BCUT2D eigenvalue weighted by atomic mass is 16.5. The lowest BCUT2D eigenvalue weighted by Crippen LogP contribution is -2.33. The fourth-order valence-electron chi connectivity index (χ4n) is 1.65. The third kappa shape index (κ3) is 5.05. The number of rotatable bonds is 6. The summed E-state index contributed by atoms with van der Waals surface area (Å²) in [5.41, 5.74) is 1.95. The van der Waals surface area contributed by atoms with Crippen LogP contribution >= 0.6 is 0 Å². The van der Waals surface area contributed by atoms with Gasteiger partial charge < -0.3 is 15.2 Å². The van der Waals surface area contributed by atoms with Gasteiger partial charge >= 0.3 is 0 Å². The molecule has 1 aromatic carbocycles. The summed E-state index contributed by atoms with van der Waals surface area (Å²) >= 11 is 0. The van der Waals surface area contributed by atoms with Gasteiger partial charge in [0.25, 0.3) is 0 Å². The topological polar surface area (TPSA) is 58.6 Å². The van der Waals surface area contributed by atoms with Crippen LogP contribution in [-0.4, -0.2) is 30.8 Å². The number of methoxy groups -OCH3 is 1. The summed E-state index contributed by atoms with van der Waals surface area (Å²) in [6.45, 7) is 6.05. The molecule has 0 aromatic heterocycles. The molecule has 2 N–H and O–H groups in total. The molecular formula is C16H23NO3. The first kappa shape index (κ1) is 16.2. The van der Waals surface area contributed by atoms with Gasteiger partial charge in [0.1, 0.15) is 5.75 Å². The van der Waals surface area contributed by atoms with E-state index in [4.69, 9.17) is 4.74 Å². The summed E-state index contributed by atoms with van der Waals surface area (Å²) in [4.78, 5) is 11.7. The van der Waals surface area contributed by atoms with Gasteiger partial charge in [0.05, 0.1) is 13.2 Å². The van der Waals surface area contributed by atoms with Crippen molar-refractivity contribution in [1.82, 2.24) is 5.32 Å². The zero-order valence-corrected chi connectivity index (χ0v) is 12.5. The molecule has 0 aliphatic heterocycles. The van der Waals surface area contributed by atoms with Gasteiger partial charge in [-0.25, -0.2) is 0 Å². The molecule has 0 radical (unpaired) electrons. The molecule has 0 aliphatic carbocycles. The van der Waals surface area contributed by atoms with Crippen LogP contribution in [0.15, 0.2) is 24.3 Å². The Morgan fingerprint density at radius 1 is 1.45 bits per heavy atom. The fourth-order valence-corrected chi connectivity index (χ4v) is 1.65. The molecule has 0 bridgehead atoms. The van der Waals surface area contributed by atoms with Crippen LogP contribution in [0.3, 0.4) is 0 Å². The van der Waals surface area contributed by atoms with E-state index in [-0.39, 0.29) is 18.4 Å². The Morgan fingerprint density at radius 2 is 2.15 bits per heavy atom. The van der Waals surface area contributed by atoms with E-state index in [1.54, 1.807) is 13.2 Å². The van der Waals surface area contributed by atoms with Gasteiger partial charge in [-0.2, -0.15) is 0 Å². The minimum atomic E-state index is -0.527. The van der Waals surface area contributed by atoms with Crippen molar-refractivity contribution in [3.8, 4) is 5.75 Å². The number of aliphatic hydroxyl groups is 1. The average Bonchev–Trinajstić information content (AvgIpc) is 2.42. The summed E-state index contributed by atoms with van der Waals surface area (Å²) in [5.74, 6) is 0.617. The van der Waals surface area contributed by atoms with E-state index in [0.29, 0.717) is 0 Å². The van der Waals surface area contributed by atoms with E-state index in [1.165, 1.54) is 6.08 Å². The van der Waals surface area contributed by atoms with Gasteiger partial charge in [0, 0.05) is 18.2 Å². The van der Waals surface area contributed by atoms with Crippen molar-refractivity contribution in [1.29, 1.82) is 0 Å². The molecule has 0 spiro atoms. The summed E-state index contributed by atoms with van der Waals surface area (Å²) < 4.78 is 5.24. The lowest BCUT2D eigenvalue weighted by atomic mass is 10.1. The van der Waals surface area contributed by atoms with E-state index in [2.05, 4.69) is 5.32 Å². The molecule has 1 aromatic rings. The highest BCUT2D eigenvalue weighted by Gasteiger charge is 2.09. The van der Waals surface area contributed by atoms with E-state index in [0.717, 1.165) is 16.9 Å². The number of amides is 1. The minimum absolute atomic E-state index is 0.121. The van der Waals surface area contributed by atoms with Gasteiger partial charge in [0.2, 0.25) is 5.91 Å². The maximum atomic E-state index is 11.7. The van der Waals surface area contributed by atoms with Crippen LogP contribution in [0, 0.1) is 12.8 Å². The molecule has 0 fully saturated rings. The first-order valence-corrected chi connectivity index (χ1v) is 6.72. The zero-order valence-electron chi connectivity index (χ0n) is 12.5. The maximum absolute atomic E-state index is 11.7. The summed E-state index contributed by atoms with van der Waals surface area (Å²) in [6.07, 6.45) is 2.63. The first-order valence-electron chi connectivity index (χ1n) is 6.72. The molecule has 1 atom stereocenters. The SMILES string of the molecule is COc1ccc(C)cc1/C=C/C(=O)NCC(O)C(C)C. The Balaban J connectivity index is 2.63. The van der Waals surface area contributed by atoms with Crippen molar-refractivity contribution in [3.05, 3.63) is 35.4 Å². The Morgan fingerprint density at radius 3 is 2.75 bits per heavy atom. The van der Waals surface area contributed by atoms with Crippen LogP contribution < -0.4 is 10.1 Å². The monoisotopic (exact) mass is 277 g/mol. The molecule has 110 valence electrons. The van der Waals surface area contributed by atoms with Crippen LogP contribution in [0.4, 0.5) is 0 Å². The third-order valence-corrected chi connectivity index (χ3v) is 3.05. The van der Waals surface area contributed by atoms with Gasteiger partial charge in [-0.15, -0.1) is 0 Å². The maximum Gasteiger partial charge on any atom is 0.244 e. The molecule has 0 saturated heterocycles. The summed E-state index contributed by atoms with van der Waals surface area (Å²) in [7, 11) is 1.60. The van der Waals surface area contributed by atoms with Crippen molar-refractivity contribution in [2.45, 2.75) is 26.9 Å². The molecule has 4 nitrogen and oxygen atoms in total. The molecule has 0 aliphatic rings. The number of nitrogens with one attached hydrogen (secondary N) is 1.